The number of aliphatic carboxylic acids is 1. The van der Waals surface area contributed by atoms with Crippen LogP contribution in [-0.4, -0.2) is 64.9 Å². The van der Waals surface area contributed by atoms with Gasteiger partial charge in [-0.05, 0) is 47.9 Å². The Morgan fingerprint density at radius 2 is 1.57 bits per heavy atom. The van der Waals surface area contributed by atoms with Gasteiger partial charge in [0.15, 0.2) is 0 Å². The van der Waals surface area contributed by atoms with Crippen molar-refractivity contribution in [2.75, 3.05) is 19.7 Å². The Labute approximate surface area is 203 Å². The number of carbonyl (C=O) groups excluding carboxylic acids is 2. The van der Waals surface area contributed by atoms with Crippen molar-refractivity contribution in [1.29, 1.82) is 0 Å². The summed E-state index contributed by atoms with van der Waals surface area (Å²) >= 11 is 0. The molecule has 1 heterocycles. The third-order valence-electron chi connectivity index (χ3n) is 7.54. The van der Waals surface area contributed by atoms with Crippen LogP contribution in [0.5, 0.6) is 0 Å². The summed E-state index contributed by atoms with van der Waals surface area (Å²) in [6, 6.07) is 16.1. The standard InChI is InChI=1S/C27H30N2O6/c30-19-12-17(26(32)33)13-29(14-19)25(31)16-9-10-18(11-16)28-27(34)35-15-24-22-7-3-1-5-20(22)21-6-2-4-8-23(21)24/h1-8,16-19,24,30H,9-15H2,(H,28,34)(H,32,33)/t16-,17?,18+,19?/m1/s1. The molecule has 184 valence electrons. The van der Waals surface area contributed by atoms with Gasteiger partial charge >= 0.3 is 12.1 Å². The fourth-order valence-electron chi connectivity index (χ4n) is 5.83. The third-order valence-corrected chi connectivity index (χ3v) is 7.54. The Balaban J connectivity index is 1.14. The third kappa shape index (κ3) is 4.75. The first kappa shape index (κ1) is 23.4. The molecular weight excluding hydrogens is 448 g/mol. The van der Waals surface area contributed by atoms with Gasteiger partial charge in [0.2, 0.25) is 5.91 Å². The molecule has 5 rings (SSSR count). The van der Waals surface area contributed by atoms with Crippen LogP contribution in [0.25, 0.3) is 11.1 Å². The van der Waals surface area contributed by atoms with Crippen molar-refractivity contribution in [2.24, 2.45) is 11.8 Å². The lowest BCUT2D eigenvalue weighted by molar-refractivity contribution is -0.150. The summed E-state index contributed by atoms with van der Waals surface area (Å²) in [6.45, 7) is 0.507. The van der Waals surface area contributed by atoms with E-state index in [1.54, 1.807) is 0 Å². The van der Waals surface area contributed by atoms with E-state index in [0.29, 0.717) is 19.3 Å². The number of piperidine rings is 1. The number of fused-ring (bicyclic) bond motifs is 3. The van der Waals surface area contributed by atoms with Crippen LogP contribution in [0.2, 0.25) is 0 Å². The zero-order valence-corrected chi connectivity index (χ0v) is 19.4. The van der Waals surface area contributed by atoms with Gasteiger partial charge in [-0.1, -0.05) is 48.5 Å². The average Bonchev–Trinajstić information content (AvgIpc) is 3.44. The van der Waals surface area contributed by atoms with Crippen LogP contribution >= 0.6 is 0 Å². The molecule has 2 aliphatic carbocycles. The first-order valence-corrected chi connectivity index (χ1v) is 12.2. The zero-order valence-electron chi connectivity index (χ0n) is 19.4. The van der Waals surface area contributed by atoms with Crippen molar-refractivity contribution in [2.45, 2.75) is 43.7 Å². The summed E-state index contributed by atoms with van der Waals surface area (Å²) in [7, 11) is 0. The van der Waals surface area contributed by atoms with E-state index in [1.807, 2.05) is 24.3 Å². The van der Waals surface area contributed by atoms with E-state index in [1.165, 1.54) is 16.0 Å². The van der Waals surface area contributed by atoms with Crippen LogP contribution in [0, 0.1) is 11.8 Å². The number of carboxylic acids is 1. The van der Waals surface area contributed by atoms with Gasteiger partial charge in [0.05, 0.1) is 12.0 Å². The lowest BCUT2D eigenvalue weighted by Gasteiger charge is -2.35. The van der Waals surface area contributed by atoms with Gasteiger partial charge in [0.25, 0.3) is 0 Å². The highest BCUT2D eigenvalue weighted by Gasteiger charge is 2.38. The van der Waals surface area contributed by atoms with Crippen LogP contribution in [0.4, 0.5) is 4.79 Å². The molecule has 2 aromatic rings. The Morgan fingerprint density at radius 3 is 2.23 bits per heavy atom. The monoisotopic (exact) mass is 478 g/mol. The quantitative estimate of drug-likeness (QED) is 0.609. The number of hydrogen-bond acceptors (Lipinski definition) is 5. The predicted molar refractivity (Wildman–Crippen MR) is 128 cm³/mol. The van der Waals surface area contributed by atoms with Crippen LogP contribution in [0.1, 0.15) is 42.7 Å². The number of nitrogens with zero attached hydrogens (tertiary/aromatic N) is 1. The van der Waals surface area contributed by atoms with E-state index in [9.17, 15) is 24.6 Å². The number of nitrogens with one attached hydrogen (secondary N) is 1. The highest BCUT2D eigenvalue weighted by atomic mass is 16.5. The minimum Gasteiger partial charge on any atom is -0.481 e. The molecule has 2 amide bonds. The zero-order chi connectivity index (χ0) is 24.5. The Kier molecular flexibility index (Phi) is 6.47. The predicted octanol–water partition coefficient (Wildman–Crippen LogP) is 2.99. The summed E-state index contributed by atoms with van der Waals surface area (Å²) < 4.78 is 5.62. The maximum absolute atomic E-state index is 13.0. The van der Waals surface area contributed by atoms with Crippen molar-refractivity contribution in [1.82, 2.24) is 10.2 Å². The topological polar surface area (TPSA) is 116 Å². The molecule has 0 radical (unpaired) electrons. The minimum absolute atomic E-state index is 0.0150. The largest absolute Gasteiger partial charge is 0.481 e. The van der Waals surface area contributed by atoms with Crippen molar-refractivity contribution in [3.05, 3.63) is 59.7 Å². The van der Waals surface area contributed by atoms with Crippen LogP contribution in [0.3, 0.4) is 0 Å². The first-order chi connectivity index (χ1) is 16.9. The molecule has 0 aromatic heterocycles. The van der Waals surface area contributed by atoms with Gasteiger partial charge in [-0.3, -0.25) is 9.59 Å². The van der Waals surface area contributed by atoms with Crippen molar-refractivity contribution in [3.8, 4) is 11.1 Å². The number of rotatable bonds is 5. The second kappa shape index (κ2) is 9.70. The number of alkyl carbamates (subject to hydrolysis) is 1. The number of aliphatic hydroxyl groups is 1. The molecule has 1 aliphatic heterocycles. The lowest BCUT2D eigenvalue weighted by Crippen LogP contribution is -2.50. The minimum atomic E-state index is -0.997. The molecule has 3 aliphatic rings. The summed E-state index contributed by atoms with van der Waals surface area (Å²) in [5.41, 5.74) is 4.64. The van der Waals surface area contributed by atoms with Gasteiger partial charge in [-0.15, -0.1) is 0 Å². The molecule has 2 unspecified atom stereocenters. The maximum atomic E-state index is 13.0. The Hall–Kier alpha value is -3.39. The van der Waals surface area contributed by atoms with Crippen LogP contribution in [0.15, 0.2) is 48.5 Å². The summed E-state index contributed by atoms with van der Waals surface area (Å²) in [4.78, 5) is 38.4. The lowest BCUT2D eigenvalue weighted by atomic mass is 9.94. The van der Waals surface area contributed by atoms with E-state index < -0.39 is 24.1 Å². The number of aliphatic hydroxyl groups excluding tert-OH is 1. The van der Waals surface area contributed by atoms with Gasteiger partial charge in [0.1, 0.15) is 6.61 Å². The highest BCUT2D eigenvalue weighted by molar-refractivity contribution is 5.81. The molecule has 35 heavy (non-hydrogen) atoms. The van der Waals surface area contributed by atoms with Gasteiger partial charge in [0, 0.05) is 31.0 Å². The molecule has 2 fully saturated rings. The molecule has 2 aromatic carbocycles. The number of hydrogen-bond donors (Lipinski definition) is 3. The van der Waals surface area contributed by atoms with Gasteiger partial charge in [-0.2, -0.15) is 0 Å². The van der Waals surface area contributed by atoms with Crippen LogP contribution in [-0.2, 0) is 14.3 Å². The highest BCUT2D eigenvalue weighted by Crippen LogP contribution is 2.44. The molecule has 0 bridgehead atoms. The van der Waals surface area contributed by atoms with Gasteiger partial charge in [-0.25, -0.2) is 4.79 Å². The Morgan fingerprint density at radius 1 is 0.914 bits per heavy atom. The number of carbonyl (C=O) groups is 3. The summed E-state index contributed by atoms with van der Waals surface area (Å²) in [5.74, 6) is -2.21. The first-order valence-electron chi connectivity index (χ1n) is 12.2. The molecule has 8 nitrogen and oxygen atoms in total. The van der Waals surface area contributed by atoms with E-state index in [0.717, 1.165) is 11.1 Å². The van der Waals surface area contributed by atoms with Crippen molar-refractivity contribution in [3.63, 3.8) is 0 Å². The SMILES string of the molecule is O=C(N[C@H]1CC[C@@H](C(=O)N2CC(O)CC(C(=O)O)C2)C1)OCC1c2ccccc2-c2ccccc21. The molecular formula is C27H30N2O6. The molecule has 1 saturated heterocycles. The van der Waals surface area contributed by atoms with Crippen LogP contribution < -0.4 is 5.32 Å². The number of β-amino-alcohol motifs (C(OH)–C–C–N with tert-alkyl or cyclic N) is 1. The van der Waals surface area contributed by atoms with E-state index in [4.69, 9.17) is 4.74 Å². The average molecular weight is 479 g/mol. The second-order valence-corrected chi connectivity index (χ2v) is 9.84. The summed E-state index contributed by atoms with van der Waals surface area (Å²) in [6.07, 6.45) is 0.578. The van der Waals surface area contributed by atoms with Crippen molar-refractivity contribution < 1.29 is 29.3 Å². The molecule has 0 spiro atoms. The van der Waals surface area contributed by atoms with E-state index >= 15 is 0 Å². The molecule has 4 atom stereocenters. The summed E-state index contributed by atoms with van der Waals surface area (Å²) in [5, 5.41) is 22.2. The van der Waals surface area contributed by atoms with Crippen molar-refractivity contribution >= 4 is 18.0 Å². The molecule has 3 N–H and O–H groups in total. The number of carboxylic acid groups (broad SMARTS) is 1. The fourth-order valence-corrected chi connectivity index (χ4v) is 5.83. The molecule has 1 saturated carbocycles. The Bertz CT molecular complexity index is 1090. The second-order valence-electron chi connectivity index (χ2n) is 9.84. The molecule has 8 heteroatoms. The number of benzene rings is 2. The van der Waals surface area contributed by atoms with Gasteiger partial charge < -0.3 is 25.2 Å². The number of ether oxygens (including phenoxy) is 1. The van der Waals surface area contributed by atoms with E-state index in [2.05, 4.69) is 29.6 Å². The number of likely N-dealkylation sites (tertiary alicyclic amines) is 1. The smallest absolute Gasteiger partial charge is 0.407 e. The fraction of sp³-hybridized carbons (Fsp3) is 0.444. The number of amides is 2. The van der Waals surface area contributed by atoms with E-state index in [-0.39, 0.29) is 49.9 Å². The normalized spacial score (nSPS) is 25.6. The maximum Gasteiger partial charge on any atom is 0.407 e.